The summed E-state index contributed by atoms with van der Waals surface area (Å²) >= 11 is 0. The van der Waals surface area contributed by atoms with Gasteiger partial charge in [-0.05, 0) is 17.7 Å². The van der Waals surface area contributed by atoms with E-state index in [0.717, 1.165) is 11.3 Å². The fraction of sp³-hybridized carbons (Fsp3) is 0.400. The van der Waals surface area contributed by atoms with E-state index in [-0.39, 0.29) is 12.7 Å². The van der Waals surface area contributed by atoms with Crippen LogP contribution in [0.15, 0.2) is 24.3 Å². The predicted molar refractivity (Wildman–Crippen MR) is 49.8 cm³/mol. The van der Waals surface area contributed by atoms with E-state index in [1.165, 1.54) is 0 Å². The van der Waals surface area contributed by atoms with Crippen molar-refractivity contribution >= 4 is 0 Å². The van der Waals surface area contributed by atoms with Crippen LogP contribution in [-0.4, -0.2) is 25.9 Å². The van der Waals surface area contributed by atoms with E-state index < -0.39 is 0 Å². The smallest absolute Gasteiger partial charge is 0.118 e. The largest absolute Gasteiger partial charge is 0.497 e. The second-order valence-electron chi connectivity index (χ2n) is 2.68. The van der Waals surface area contributed by atoms with E-state index in [2.05, 4.69) is 0 Å². The normalized spacial score (nSPS) is 12.5. The second kappa shape index (κ2) is 4.84. The van der Waals surface area contributed by atoms with Crippen molar-refractivity contribution in [3.8, 4) is 5.75 Å². The lowest BCUT2D eigenvalue weighted by Gasteiger charge is -2.12. The standard InChI is InChI=1S/C10H14O3/c1-12-9-5-3-8(4-6-9)10(7-11)13-2/h3-6,10-11H,7H2,1-2H3/t10-/m1/s1. The minimum atomic E-state index is -0.245. The summed E-state index contributed by atoms with van der Waals surface area (Å²) in [5.41, 5.74) is 0.950. The zero-order chi connectivity index (χ0) is 9.68. The molecule has 0 aliphatic heterocycles. The summed E-state index contributed by atoms with van der Waals surface area (Å²) in [7, 11) is 3.19. The lowest BCUT2D eigenvalue weighted by atomic mass is 10.1. The maximum atomic E-state index is 8.95. The van der Waals surface area contributed by atoms with Gasteiger partial charge in [0.15, 0.2) is 0 Å². The molecule has 0 bridgehead atoms. The molecule has 0 heterocycles. The molecule has 1 rings (SSSR count). The van der Waals surface area contributed by atoms with Gasteiger partial charge in [0.25, 0.3) is 0 Å². The average Bonchev–Trinajstić information content (AvgIpc) is 2.21. The highest BCUT2D eigenvalue weighted by atomic mass is 16.5. The van der Waals surface area contributed by atoms with E-state index in [1.807, 2.05) is 24.3 Å². The van der Waals surface area contributed by atoms with Gasteiger partial charge in [-0.15, -0.1) is 0 Å². The first-order valence-corrected chi connectivity index (χ1v) is 4.09. The number of rotatable bonds is 4. The fourth-order valence-electron chi connectivity index (χ4n) is 1.13. The zero-order valence-electron chi connectivity index (χ0n) is 7.86. The first-order chi connectivity index (χ1) is 6.31. The summed E-state index contributed by atoms with van der Waals surface area (Å²) in [5.74, 6) is 0.802. The van der Waals surface area contributed by atoms with Crippen molar-refractivity contribution in [3.05, 3.63) is 29.8 Å². The highest BCUT2D eigenvalue weighted by molar-refractivity contribution is 5.28. The van der Waals surface area contributed by atoms with Crippen molar-refractivity contribution in [2.45, 2.75) is 6.10 Å². The van der Waals surface area contributed by atoms with Crippen LogP contribution in [0.4, 0.5) is 0 Å². The van der Waals surface area contributed by atoms with E-state index >= 15 is 0 Å². The Hall–Kier alpha value is -1.06. The Kier molecular flexibility index (Phi) is 3.73. The molecule has 0 amide bonds. The molecule has 0 aromatic heterocycles. The van der Waals surface area contributed by atoms with Crippen molar-refractivity contribution < 1.29 is 14.6 Å². The Balaban J connectivity index is 2.78. The SMILES string of the molecule is COc1ccc([C@@H](CO)OC)cc1. The van der Waals surface area contributed by atoms with Gasteiger partial charge in [0.2, 0.25) is 0 Å². The molecular weight excluding hydrogens is 168 g/mol. The summed E-state index contributed by atoms with van der Waals surface area (Å²) in [6, 6.07) is 7.44. The van der Waals surface area contributed by atoms with Gasteiger partial charge in [0.05, 0.1) is 13.7 Å². The topological polar surface area (TPSA) is 38.7 Å². The molecular formula is C10H14O3. The van der Waals surface area contributed by atoms with E-state index in [0.29, 0.717) is 0 Å². The van der Waals surface area contributed by atoms with Gasteiger partial charge in [-0.3, -0.25) is 0 Å². The number of hydrogen-bond acceptors (Lipinski definition) is 3. The molecule has 3 heteroatoms. The zero-order valence-corrected chi connectivity index (χ0v) is 7.86. The molecule has 0 saturated carbocycles. The quantitative estimate of drug-likeness (QED) is 0.764. The van der Waals surface area contributed by atoms with Crippen molar-refractivity contribution in [1.82, 2.24) is 0 Å². The summed E-state index contributed by atoms with van der Waals surface area (Å²) < 4.78 is 10.1. The first-order valence-electron chi connectivity index (χ1n) is 4.09. The van der Waals surface area contributed by atoms with Gasteiger partial charge < -0.3 is 14.6 Å². The Bertz CT molecular complexity index is 239. The van der Waals surface area contributed by atoms with Gasteiger partial charge >= 0.3 is 0 Å². The van der Waals surface area contributed by atoms with Crippen molar-refractivity contribution in [2.75, 3.05) is 20.8 Å². The monoisotopic (exact) mass is 182 g/mol. The molecule has 1 N–H and O–H groups in total. The summed E-state index contributed by atoms with van der Waals surface area (Å²) in [5, 5.41) is 8.95. The molecule has 3 nitrogen and oxygen atoms in total. The molecule has 13 heavy (non-hydrogen) atoms. The number of aliphatic hydroxyl groups is 1. The third-order valence-corrected chi connectivity index (χ3v) is 1.94. The van der Waals surface area contributed by atoms with Crippen molar-refractivity contribution in [3.63, 3.8) is 0 Å². The Morgan fingerprint density at radius 3 is 2.23 bits per heavy atom. The van der Waals surface area contributed by atoms with Gasteiger partial charge in [0, 0.05) is 7.11 Å². The van der Waals surface area contributed by atoms with Crippen LogP contribution >= 0.6 is 0 Å². The highest BCUT2D eigenvalue weighted by Crippen LogP contribution is 2.19. The van der Waals surface area contributed by atoms with Crippen molar-refractivity contribution in [2.24, 2.45) is 0 Å². The van der Waals surface area contributed by atoms with Crippen LogP contribution in [-0.2, 0) is 4.74 Å². The van der Waals surface area contributed by atoms with Crippen LogP contribution in [0, 0.1) is 0 Å². The van der Waals surface area contributed by atoms with Gasteiger partial charge in [-0.1, -0.05) is 12.1 Å². The number of hydrogen-bond donors (Lipinski definition) is 1. The lowest BCUT2D eigenvalue weighted by molar-refractivity contribution is 0.0484. The predicted octanol–water partition coefficient (Wildman–Crippen LogP) is 1.37. The van der Waals surface area contributed by atoms with E-state index in [1.54, 1.807) is 14.2 Å². The molecule has 1 aromatic rings. The van der Waals surface area contributed by atoms with Gasteiger partial charge in [0.1, 0.15) is 11.9 Å². The van der Waals surface area contributed by atoms with Crippen LogP contribution in [0.1, 0.15) is 11.7 Å². The minimum absolute atomic E-state index is 0.0111. The first kappa shape index (κ1) is 10.0. The molecule has 72 valence electrons. The highest BCUT2D eigenvalue weighted by Gasteiger charge is 2.07. The van der Waals surface area contributed by atoms with Crippen LogP contribution in [0.5, 0.6) is 5.75 Å². The van der Waals surface area contributed by atoms with Crippen LogP contribution < -0.4 is 4.74 Å². The van der Waals surface area contributed by atoms with Gasteiger partial charge in [-0.25, -0.2) is 0 Å². The molecule has 1 aromatic carbocycles. The van der Waals surface area contributed by atoms with Crippen LogP contribution in [0.2, 0.25) is 0 Å². The summed E-state index contributed by atoms with van der Waals surface area (Å²) in [6.45, 7) is -0.0111. The lowest BCUT2D eigenvalue weighted by Crippen LogP contribution is -2.05. The Morgan fingerprint density at radius 2 is 1.85 bits per heavy atom. The molecule has 1 atom stereocenters. The van der Waals surface area contributed by atoms with E-state index in [9.17, 15) is 0 Å². The average molecular weight is 182 g/mol. The third-order valence-electron chi connectivity index (χ3n) is 1.94. The Morgan fingerprint density at radius 1 is 1.23 bits per heavy atom. The molecule has 0 aliphatic rings. The van der Waals surface area contributed by atoms with E-state index in [4.69, 9.17) is 14.6 Å². The number of benzene rings is 1. The molecule has 0 unspecified atom stereocenters. The number of methoxy groups -OCH3 is 2. The molecule has 0 fully saturated rings. The fourth-order valence-corrected chi connectivity index (χ4v) is 1.13. The molecule has 0 saturated heterocycles. The third kappa shape index (κ3) is 2.44. The molecule has 0 spiro atoms. The Labute approximate surface area is 77.9 Å². The molecule has 0 aliphatic carbocycles. The van der Waals surface area contributed by atoms with Crippen LogP contribution in [0.3, 0.4) is 0 Å². The maximum absolute atomic E-state index is 8.95. The molecule has 0 radical (unpaired) electrons. The van der Waals surface area contributed by atoms with Gasteiger partial charge in [-0.2, -0.15) is 0 Å². The summed E-state index contributed by atoms with van der Waals surface area (Å²) in [4.78, 5) is 0. The maximum Gasteiger partial charge on any atom is 0.118 e. The number of aliphatic hydroxyl groups excluding tert-OH is 1. The van der Waals surface area contributed by atoms with Crippen LogP contribution in [0.25, 0.3) is 0 Å². The second-order valence-corrected chi connectivity index (χ2v) is 2.68. The summed E-state index contributed by atoms with van der Waals surface area (Å²) in [6.07, 6.45) is -0.245. The number of ether oxygens (including phenoxy) is 2. The minimum Gasteiger partial charge on any atom is -0.497 e. The van der Waals surface area contributed by atoms with Crippen molar-refractivity contribution in [1.29, 1.82) is 0 Å².